The van der Waals surface area contributed by atoms with Crippen LogP contribution in [0.5, 0.6) is 0 Å². The predicted octanol–water partition coefficient (Wildman–Crippen LogP) is 3.03. The number of rotatable bonds is 3. The molecular weight excluding hydrogens is 391 g/mol. The van der Waals surface area contributed by atoms with E-state index in [0.717, 1.165) is 0 Å². The van der Waals surface area contributed by atoms with Gasteiger partial charge in [0, 0.05) is 18.6 Å². The number of anilines is 1. The molecule has 0 spiro atoms. The molecule has 2 unspecified atom stereocenters. The van der Waals surface area contributed by atoms with Gasteiger partial charge in [0.1, 0.15) is 17.3 Å². The number of nitrogens with one attached hydrogen (secondary N) is 3. The van der Waals surface area contributed by atoms with E-state index in [1.165, 1.54) is 11.0 Å². The number of aromatic amines is 2. The minimum absolute atomic E-state index is 0.186. The number of amides is 1. The van der Waals surface area contributed by atoms with Gasteiger partial charge in [-0.05, 0) is 29.4 Å². The lowest BCUT2D eigenvalue weighted by molar-refractivity contribution is 0.106. The van der Waals surface area contributed by atoms with Crippen molar-refractivity contribution in [1.82, 2.24) is 25.1 Å². The zero-order valence-corrected chi connectivity index (χ0v) is 16.9. The van der Waals surface area contributed by atoms with Crippen molar-refractivity contribution in [1.29, 1.82) is 0 Å². The lowest BCUT2D eigenvalue weighted by Gasteiger charge is -2.32. The fourth-order valence-corrected chi connectivity index (χ4v) is 4.05. The van der Waals surface area contributed by atoms with Gasteiger partial charge in [0.15, 0.2) is 5.82 Å². The highest BCUT2D eigenvalue weighted by Crippen LogP contribution is 2.35. The molecule has 4 N–H and O–H groups in total. The lowest BCUT2D eigenvalue weighted by Crippen LogP contribution is -2.42. The van der Waals surface area contributed by atoms with E-state index in [0.29, 0.717) is 22.9 Å². The molecule has 0 radical (unpaired) electrons. The Labute approximate surface area is 171 Å². The summed E-state index contributed by atoms with van der Waals surface area (Å²) >= 11 is 0. The molecule has 158 valence electrons. The van der Waals surface area contributed by atoms with Crippen LogP contribution in [0.1, 0.15) is 27.2 Å². The molecule has 0 saturated carbocycles. The molecule has 2 aromatic heterocycles. The summed E-state index contributed by atoms with van der Waals surface area (Å²) in [6.07, 6.45) is -0.414. The van der Waals surface area contributed by atoms with Gasteiger partial charge in [-0.25, -0.2) is 24.1 Å². The Morgan fingerprint density at radius 3 is 2.73 bits per heavy atom. The number of halogens is 1. The fourth-order valence-electron chi connectivity index (χ4n) is 4.05. The first-order valence-corrected chi connectivity index (χ1v) is 9.64. The summed E-state index contributed by atoms with van der Waals surface area (Å²) in [5, 5.41) is 20.0. The molecule has 4 rings (SSSR count). The molecule has 10 heteroatoms. The monoisotopic (exact) mass is 414 g/mol. The molecule has 1 saturated heterocycles. The number of hydrogen-bond acceptors (Lipinski definition) is 5. The van der Waals surface area contributed by atoms with Crippen molar-refractivity contribution in [3.63, 3.8) is 0 Å². The Bertz CT molecular complexity index is 1170. The van der Waals surface area contributed by atoms with Crippen molar-refractivity contribution in [2.24, 2.45) is 5.41 Å². The van der Waals surface area contributed by atoms with E-state index >= 15 is 0 Å². The Morgan fingerprint density at radius 2 is 2.13 bits per heavy atom. The number of H-pyrrole nitrogens is 2. The van der Waals surface area contributed by atoms with Gasteiger partial charge < -0.3 is 15.3 Å². The van der Waals surface area contributed by atoms with Crippen molar-refractivity contribution in [3.8, 4) is 11.5 Å². The van der Waals surface area contributed by atoms with Gasteiger partial charge in [0.05, 0.1) is 5.39 Å². The zero-order valence-electron chi connectivity index (χ0n) is 16.9. The smallest absolute Gasteiger partial charge is 0.407 e. The van der Waals surface area contributed by atoms with Crippen LogP contribution in [0.4, 0.5) is 15.0 Å². The van der Waals surface area contributed by atoms with Crippen molar-refractivity contribution in [2.75, 3.05) is 11.9 Å². The highest BCUT2D eigenvalue weighted by molar-refractivity contribution is 5.94. The van der Waals surface area contributed by atoms with Crippen molar-refractivity contribution in [2.45, 2.75) is 39.3 Å². The average molecular weight is 414 g/mol. The average Bonchev–Trinajstić information content (AvgIpc) is 3.28. The number of carboxylic acid groups (broad SMARTS) is 1. The second-order valence-corrected chi connectivity index (χ2v) is 8.61. The van der Waals surface area contributed by atoms with Gasteiger partial charge in [-0.15, -0.1) is 0 Å². The highest BCUT2D eigenvalue weighted by atomic mass is 19.1. The van der Waals surface area contributed by atoms with E-state index in [9.17, 15) is 19.1 Å². The van der Waals surface area contributed by atoms with Gasteiger partial charge in [0.2, 0.25) is 0 Å². The maximum atomic E-state index is 14.7. The van der Waals surface area contributed by atoms with Crippen LogP contribution >= 0.6 is 0 Å². The molecule has 1 aromatic carbocycles. The third-order valence-electron chi connectivity index (χ3n) is 5.44. The van der Waals surface area contributed by atoms with E-state index in [2.05, 4.69) is 25.5 Å². The summed E-state index contributed by atoms with van der Waals surface area (Å²) in [5.74, 6) is 0.0831. The van der Waals surface area contributed by atoms with Crippen molar-refractivity contribution < 1.29 is 14.3 Å². The van der Waals surface area contributed by atoms with E-state index in [1.54, 1.807) is 18.2 Å². The highest BCUT2D eigenvalue weighted by Gasteiger charge is 2.42. The van der Waals surface area contributed by atoms with Gasteiger partial charge in [0.25, 0.3) is 0 Å². The second-order valence-electron chi connectivity index (χ2n) is 8.61. The SMILES string of the molecule is CC(C)(C)C1CC(Nc2nc(-c3n[nH]c(=O)[nH]3)cc3cccc(F)c23)CN1C(=O)O. The van der Waals surface area contributed by atoms with Crippen molar-refractivity contribution >= 4 is 22.7 Å². The van der Waals surface area contributed by atoms with Crippen LogP contribution in [-0.2, 0) is 0 Å². The number of likely N-dealkylation sites (tertiary alicyclic amines) is 1. The summed E-state index contributed by atoms with van der Waals surface area (Å²) in [7, 11) is 0. The van der Waals surface area contributed by atoms with E-state index in [-0.39, 0.29) is 35.7 Å². The predicted molar refractivity (Wildman–Crippen MR) is 110 cm³/mol. The standard InChI is InChI=1S/C20H23FN6O3/c1-20(2,3)14-8-11(9-27(14)19(29)30)22-17-15-10(5-4-6-12(15)21)7-13(23-17)16-24-18(28)26-25-16/h4-7,11,14H,8-9H2,1-3H3,(H,22,23)(H,29,30)(H2,24,25,26,28). The van der Waals surface area contributed by atoms with Crippen LogP contribution in [0, 0.1) is 11.2 Å². The molecule has 0 bridgehead atoms. The molecule has 30 heavy (non-hydrogen) atoms. The van der Waals surface area contributed by atoms with Gasteiger partial charge in [-0.1, -0.05) is 32.9 Å². The number of fused-ring (bicyclic) bond motifs is 1. The molecule has 1 fully saturated rings. The summed E-state index contributed by atoms with van der Waals surface area (Å²) in [6.45, 7) is 6.26. The minimum Gasteiger partial charge on any atom is -0.465 e. The molecule has 9 nitrogen and oxygen atoms in total. The second kappa shape index (κ2) is 7.12. The maximum absolute atomic E-state index is 14.7. The van der Waals surface area contributed by atoms with Gasteiger partial charge in [-0.3, -0.25) is 4.98 Å². The summed E-state index contributed by atoms with van der Waals surface area (Å²) in [6, 6.07) is 5.91. The number of benzene rings is 1. The summed E-state index contributed by atoms with van der Waals surface area (Å²) in [4.78, 5) is 31.6. The first kappa shape index (κ1) is 19.9. The number of hydrogen-bond donors (Lipinski definition) is 4. The van der Waals surface area contributed by atoms with Crippen LogP contribution in [0.2, 0.25) is 0 Å². The van der Waals surface area contributed by atoms with Crippen LogP contribution in [0.15, 0.2) is 29.1 Å². The Balaban J connectivity index is 1.75. The van der Waals surface area contributed by atoms with E-state index in [4.69, 9.17) is 0 Å². The number of aromatic nitrogens is 4. The van der Waals surface area contributed by atoms with E-state index < -0.39 is 17.6 Å². The molecule has 1 amide bonds. The van der Waals surface area contributed by atoms with Gasteiger partial charge in [-0.2, -0.15) is 5.10 Å². The molecular formula is C20H23FN6O3. The third-order valence-corrected chi connectivity index (χ3v) is 5.44. The molecule has 0 aliphatic carbocycles. The molecule has 3 aromatic rings. The first-order chi connectivity index (χ1) is 14.1. The number of nitrogens with zero attached hydrogens (tertiary/aromatic N) is 3. The molecule has 2 atom stereocenters. The summed E-state index contributed by atoms with van der Waals surface area (Å²) < 4.78 is 14.7. The fraction of sp³-hybridized carbons (Fsp3) is 0.400. The first-order valence-electron chi connectivity index (χ1n) is 9.64. The summed E-state index contributed by atoms with van der Waals surface area (Å²) in [5.41, 5.74) is -0.345. The third kappa shape index (κ3) is 3.60. The zero-order chi connectivity index (χ0) is 21.6. The van der Waals surface area contributed by atoms with Gasteiger partial charge >= 0.3 is 11.8 Å². The molecule has 1 aliphatic rings. The number of carbonyl (C=O) groups is 1. The molecule has 3 heterocycles. The van der Waals surface area contributed by atoms with Crippen LogP contribution in [-0.4, -0.2) is 54.9 Å². The largest absolute Gasteiger partial charge is 0.465 e. The lowest BCUT2D eigenvalue weighted by atomic mass is 9.85. The van der Waals surface area contributed by atoms with E-state index in [1.807, 2.05) is 20.8 Å². The Hall–Kier alpha value is -3.43. The quantitative estimate of drug-likeness (QED) is 0.522. The minimum atomic E-state index is -0.980. The molecule has 1 aliphatic heterocycles. The number of pyridine rings is 1. The van der Waals surface area contributed by atoms with Crippen LogP contribution < -0.4 is 11.0 Å². The normalized spacial score (nSPS) is 19.4. The topological polar surface area (TPSA) is 127 Å². The van der Waals surface area contributed by atoms with Crippen molar-refractivity contribution in [3.05, 3.63) is 40.6 Å². The Kier molecular flexibility index (Phi) is 4.71. The van der Waals surface area contributed by atoms with Crippen LogP contribution in [0.25, 0.3) is 22.3 Å². The maximum Gasteiger partial charge on any atom is 0.407 e. The van der Waals surface area contributed by atoms with Crippen LogP contribution in [0.3, 0.4) is 0 Å². The Morgan fingerprint density at radius 1 is 1.37 bits per heavy atom.